The lowest BCUT2D eigenvalue weighted by Gasteiger charge is -1.96. The molecule has 0 amide bonds. The summed E-state index contributed by atoms with van der Waals surface area (Å²) in [7, 11) is 0. The van der Waals surface area contributed by atoms with Crippen molar-refractivity contribution in [1.82, 2.24) is 9.97 Å². The molecule has 0 saturated heterocycles. The molecule has 2 aromatic heterocycles. The number of hydrogen-bond acceptors (Lipinski definition) is 5. The standard InChI is InChI=1S/C10H13N3S2/c1-5(11)10-13-8(4-14-10)9-6(2)12-7(3)15-9/h4-5H,11H2,1-3H3. The zero-order valence-electron chi connectivity index (χ0n) is 8.94. The number of nitrogens with two attached hydrogens (primary N) is 1. The fourth-order valence-corrected chi connectivity index (χ4v) is 3.09. The number of nitrogens with zero attached hydrogens (tertiary/aromatic N) is 2. The van der Waals surface area contributed by atoms with Crippen LogP contribution in [0.4, 0.5) is 0 Å². The fraction of sp³-hybridized carbons (Fsp3) is 0.400. The second-order valence-electron chi connectivity index (χ2n) is 3.51. The highest BCUT2D eigenvalue weighted by atomic mass is 32.1. The van der Waals surface area contributed by atoms with Gasteiger partial charge in [-0.25, -0.2) is 9.97 Å². The maximum Gasteiger partial charge on any atom is 0.110 e. The van der Waals surface area contributed by atoms with Gasteiger partial charge in [0.15, 0.2) is 0 Å². The van der Waals surface area contributed by atoms with Gasteiger partial charge in [0.05, 0.1) is 27.3 Å². The van der Waals surface area contributed by atoms with E-state index in [0.29, 0.717) is 0 Å². The first-order valence-electron chi connectivity index (χ1n) is 4.73. The van der Waals surface area contributed by atoms with Gasteiger partial charge in [-0.2, -0.15) is 0 Å². The Kier molecular flexibility index (Phi) is 2.86. The number of aryl methyl sites for hydroxylation is 2. The molecule has 2 heterocycles. The Hall–Kier alpha value is -0.780. The van der Waals surface area contributed by atoms with Crippen LogP contribution < -0.4 is 5.73 Å². The Morgan fingerprint density at radius 1 is 1.33 bits per heavy atom. The molecule has 2 rings (SSSR count). The summed E-state index contributed by atoms with van der Waals surface area (Å²) in [4.78, 5) is 10.1. The molecular formula is C10H13N3S2. The summed E-state index contributed by atoms with van der Waals surface area (Å²) >= 11 is 3.30. The highest BCUT2D eigenvalue weighted by molar-refractivity contribution is 7.16. The van der Waals surface area contributed by atoms with E-state index in [0.717, 1.165) is 26.3 Å². The normalized spacial score (nSPS) is 13.1. The Morgan fingerprint density at radius 3 is 2.53 bits per heavy atom. The zero-order chi connectivity index (χ0) is 11.0. The summed E-state index contributed by atoms with van der Waals surface area (Å²) in [6.45, 7) is 5.98. The van der Waals surface area contributed by atoms with Gasteiger partial charge in [-0.1, -0.05) is 0 Å². The quantitative estimate of drug-likeness (QED) is 0.876. The molecule has 0 aliphatic carbocycles. The number of aromatic nitrogens is 2. The van der Waals surface area contributed by atoms with Crippen molar-refractivity contribution in [1.29, 1.82) is 0 Å². The van der Waals surface area contributed by atoms with Crippen LogP contribution in [-0.2, 0) is 0 Å². The van der Waals surface area contributed by atoms with Crippen molar-refractivity contribution < 1.29 is 0 Å². The average Bonchev–Trinajstić information content (AvgIpc) is 2.71. The van der Waals surface area contributed by atoms with Crippen LogP contribution in [0.15, 0.2) is 5.38 Å². The molecule has 0 aliphatic rings. The minimum absolute atomic E-state index is 0.0121. The van der Waals surface area contributed by atoms with E-state index < -0.39 is 0 Å². The molecular weight excluding hydrogens is 226 g/mol. The van der Waals surface area contributed by atoms with Gasteiger partial charge in [-0.3, -0.25) is 0 Å². The molecule has 0 radical (unpaired) electrons. The van der Waals surface area contributed by atoms with Crippen molar-refractivity contribution in [2.75, 3.05) is 0 Å². The maximum absolute atomic E-state index is 5.78. The van der Waals surface area contributed by atoms with Crippen molar-refractivity contribution in [3.63, 3.8) is 0 Å². The van der Waals surface area contributed by atoms with Crippen LogP contribution in [0.3, 0.4) is 0 Å². The monoisotopic (exact) mass is 239 g/mol. The minimum Gasteiger partial charge on any atom is -0.322 e. The third-order valence-electron chi connectivity index (χ3n) is 2.05. The third kappa shape index (κ3) is 2.09. The largest absolute Gasteiger partial charge is 0.322 e. The summed E-state index contributed by atoms with van der Waals surface area (Å²) in [5.41, 5.74) is 7.85. The summed E-state index contributed by atoms with van der Waals surface area (Å²) in [5.74, 6) is 0. The first kappa shape index (κ1) is 10.7. The zero-order valence-corrected chi connectivity index (χ0v) is 10.6. The van der Waals surface area contributed by atoms with Crippen LogP contribution in [-0.4, -0.2) is 9.97 Å². The topological polar surface area (TPSA) is 51.8 Å². The molecule has 2 N–H and O–H groups in total. The van der Waals surface area contributed by atoms with Crippen molar-refractivity contribution in [3.05, 3.63) is 21.1 Å². The summed E-state index contributed by atoms with van der Waals surface area (Å²) in [6, 6.07) is 0.0121. The highest BCUT2D eigenvalue weighted by Gasteiger charge is 2.12. The molecule has 5 heteroatoms. The lowest BCUT2D eigenvalue weighted by atomic mass is 10.3. The van der Waals surface area contributed by atoms with E-state index in [1.807, 2.05) is 20.8 Å². The minimum atomic E-state index is 0.0121. The lowest BCUT2D eigenvalue weighted by Crippen LogP contribution is -2.03. The van der Waals surface area contributed by atoms with Gasteiger partial charge < -0.3 is 5.73 Å². The SMILES string of the molecule is Cc1nc(C)c(-c2csc(C(C)N)n2)s1. The molecule has 3 nitrogen and oxygen atoms in total. The Labute approximate surface area is 97.0 Å². The van der Waals surface area contributed by atoms with E-state index in [4.69, 9.17) is 5.73 Å². The second-order valence-corrected chi connectivity index (χ2v) is 5.60. The Morgan fingerprint density at radius 2 is 2.07 bits per heavy atom. The van der Waals surface area contributed by atoms with Crippen LogP contribution in [0.2, 0.25) is 0 Å². The van der Waals surface area contributed by atoms with E-state index >= 15 is 0 Å². The molecule has 1 unspecified atom stereocenters. The molecule has 0 bridgehead atoms. The Bertz CT molecular complexity index is 471. The van der Waals surface area contributed by atoms with Crippen LogP contribution in [0.25, 0.3) is 10.6 Å². The second kappa shape index (κ2) is 4.00. The van der Waals surface area contributed by atoms with E-state index in [9.17, 15) is 0 Å². The van der Waals surface area contributed by atoms with E-state index in [1.54, 1.807) is 22.7 Å². The predicted octanol–water partition coefficient (Wildman–Crippen LogP) is 2.90. The molecule has 2 aromatic rings. The van der Waals surface area contributed by atoms with E-state index in [2.05, 4.69) is 15.3 Å². The van der Waals surface area contributed by atoms with Crippen molar-refractivity contribution in [3.8, 4) is 10.6 Å². The van der Waals surface area contributed by atoms with Crippen LogP contribution in [0, 0.1) is 13.8 Å². The van der Waals surface area contributed by atoms with Crippen LogP contribution in [0.5, 0.6) is 0 Å². The average molecular weight is 239 g/mol. The molecule has 1 atom stereocenters. The summed E-state index contributed by atoms with van der Waals surface area (Å²) in [5, 5.41) is 4.12. The molecule has 0 fully saturated rings. The van der Waals surface area contributed by atoms with E-state index in [-0.39, 0.29) is 6.04 Å². The van der Waals surface area contributed by atoms with Gasteiger partial charge >= 0.3 is 0 Å². The lowest BCUT2D eigenvalue weighted by molar-refractivity contribution is 0.808. The van der Waals surface area contributed by atoms with Crippen molar-refractivity contribution in [2.45, 2.75) is 26.8 Å². The third-order valence-corrected chi connectivity index (χ3v) is 4.19. The maximum atomic E-state index is 5.78. The first-order valence-corrected chi connectivity index (χ1v) is 6.43. The molecule has 15 heavy (non-hydrogen) atoms. The fourth-order valence-electron chi connectivity index (χ4n) is 1.37. The van der Waals surface area contributed by atoms with Gasteiger partial charge in [-0.05, 0) is 20.8 Å². The summed E-state index contributed by atoms with van der Waals surface area (Å²) in [6.07, 6.45) is 0. The molecule has 0 aliphatic heterocycles. The molecule has 0 aromatic carbocycles. The van der Waals surface area contributed by atoms with Crippen LogP contribution >= 0.6 is 22.7 Å². The predicted molar refractivity (Wildman–Crippen MR) is 65.3 cm³/mol. The highest BCUT2D eigenvalue weighted by Crippen LogP contribution is 2.31. The van der Waals surface area contributed by atoms with Crippen molar-refractivity contribution >= 4 is 22.7 Å². The number of rotatable bonds is 2. The number of thiazole rings is 2. The van der Waals surface area contributed by atoms with Gasteiger partial charge in [0.2, 0.25) is 0 Å². The molecule has 0 saturated carbocycles. The molecule has 0 spiro atoms. The Balaban J connectivity index is 2.41. The molecule has 80 valence electrons. The first-order chi connectivity index (χ1) is 7.08. The van der Waals surface area contributed by atoms with Gasteiger partial charge in [0.1, 0.15) is 5.01 Å². The summed E-state index contributed by atoms with van der Waals surface area (Å²) < 4.78 is 0. The smallest absolute Gasteiger partial charge is 0.110 e. The van der Waals surface area contributed by atoms with E-state index in [1.165, 1.54) is 0 Å². The van der Waals surface area contributed by atoms with Crippen molar-refractivity contribution in [2.24, 2.45) is 5.73 Å². The van der Waals surface area contributed by atoms with Gasteiger partial charge in [0, 0.05) is 5.38 Å². The van der Waals surface area contributed by atoms with Gasteiger partial charge in [0.25, 0.3) is 0 Å². The van der Waals surface area contributed by atoms with Gasteiger partial charge in [-0.15, -0.1) is 22.7 Å². The number of hydrogen-bond donors (Lipinski definition) is 1. The van der Waals surface area contributed by atoms with Crippen LogP contribution in [0.1, 0.15) is 28.7 Å².